The van der Waals surface area contributed by atoms with E-state index in [4.69, 9.17) is 14.2 Å². The van der Waals surface area contributed by atoms with Gasteiger partial charge >= 0.3 is 5.97 Å². The molecule has 0 bridgehead atoms. The molecule has 4 rings (SSSR count). The number of nitrogens with zero attached hydrogens (tertiary/aromatic N) is 1. The smallest absolute Gasteiger partial charge is 0.324 e. The van der Waals surface area contributed by atoms with E-state index in [9.17, 15) is 19.5 Å². The summed E-state index contributed by atoms with van der Waals surface area (Å²) < 4.78 is 16.3. The van der Waals surface area contributed by atoms with Gasteiger partial charge in [0.05, 0.1) is 38.9 Å². The number of ether oxygens (including phenoxy) is 3. The third-order valence-corrected chi connectivity index (χ3v) is 6.87. The Hall–Kier alpha value is -3.59. The molecule has 0 aliphatic carbocycles. The first-order valence-corrected chi connectivity index (χ1v) is 11.4. The van der Waals surface area contributed by atoms with E-state index < -0.39 is 41.2 Å². The van der Waals surface area contributed by atoms with E-state index in [2.05, 4.69) is 5.32 Å². The summed E-state index contributed by atoms with van der Waals surface area (Å²) in [5.74, 6) is -3.00. The second kappa shape index (κ2) is 9.22. The van der Waals surface area contributed by atoms with Crippen molar-refractivity contribution in [3.8, 4) is 17.2 Å². The van der Waals surface area contributed by atoms with Gasteiger partial charge in [0.15, 0.2) is 0 Å². The number of imide groups is 1. The van der Waals surface area contributed by atoms with Crippen molar-refractivity contribution in [2.75, 3.05) is 26.2 Å². The highest BCUT2D eigenvalue weighted by Crippen LogP contribution is 2.53. The van der Waals surface area contributed by atoms with Crippen LogP contribution < -0.4 is 24.4 Å². The van der Waals surface area contributed by atoms with Crippen LogP contribution in [0.2, 0.25) is 0 Å². The summed E-state index contributed by atoms with van der Waals surface area (Å²) in [7, 11) is 4.48. The van der Waals surface area contributed by atoms with Gasteiger partial charge in [0.1, 0.15) is 22.8 Å². The zero-order valence-electron chi connectivity index (χ0n) is 20.4. The van der Waals surface area contributed by atoms with E-state index in [1.54, 1.807) is 42.5 Å². The van der Waals surface area contributed by atoms with Crippen LogP contribution in [0, 0.1) is 17.8 Å². The second-order valence-corrected chi connectivity index (χ2v) is 9.29. The molecule has 2 amide bonds. The Morgan fingerprint density at radius 3 is 2.31 bits per heavy atom. The number of amides is 2. The number of methoxy groups -OCH3 is 3. The van der Waals surface area contributed by atoms with Gasteiger partial charge < -0.3 is 19.3 Å². The standard InChI is InChI=1S/C26H30N2O7/c1-14(2)13-26(25(31)32)21-20(22(27-26)16-11-10-15(33-3)12-19(16)35-5)23(29)28(24(21)30)17-8-6-7-9-18(17)34-4/h6-12,14,20-22,27H,13H2,1-5H3,(H,31,32)/t20-,21-,22-,26-/m0/s1. The number of hydrogen-bond acceptors (Lipinski definition) is 7. The Labute approximate surface area is 204 Å². The molecule has 0 aromatic heterocycles. The van der Waals surface area contributed by atoms with Crippen LogP contribution in [0.3, 0.4) is 0 Å². The summed E-state index contributed by atoms with van der Waals surface area (Å²) in [6.07, 6.45) is 0.164. The van der Waals surface area contributed by atoms with Crippen LogP contribution in [0.15, 0.2) is 42.5 Å². The van der Waals surface area contributed by atoms with E-state index >= 15 is 0 Å². The van der Waals surface area contributed by atoms with Crippen molar-refractivity contribution in [1.82, 2.24) is 5.32 Å². The Kier molecular flexibility index (Phi) is 6.46. The molecule has 0 saturated carbocycles. The number of benzene rings is 2. The van der Waals surface area contributed by atoms with Gasteiger partial charge in [-0.05, 0) is 30.5 Å². The molecule has 2 aromatic carbocycles. The van der Waals surface area contributed by atoms with E-state index in [-0.39, 0.29) is 12.3 Å². The highest BCUT2D eigenvalue weighted by atomic mass is 16.5. The summed E-state index contributed by atoms with van der Waals surface area (Å²) in [6.45, 7) is 3.78. The molecular weight excluding hydrogens is 452 g/mol. The van der Waals surface area contributed by atoms with Gasteiger partial charge in [-0.3, -0.25) is 19.7 Å². The van der Waals surface area contributed by atoms with Gasteiger partial charge in [-0.1, -0.05) is 32.0 Å². The molecular formula is C26H30N2O7. The van der Waals surface area contributed by atoms with Crippen LogP contribution in [-0.2, 0) is 14.4 Å². The summed E-state index contributed by atoms with van der Waals surface area (Å²) in [4.78, 5) is 41.7. The molecule has 2 saturated heterocycles. The van der Waals surface area contributed by atoms with E-state index in [0.717, 1.165) is 4.90 Å². The van der Waals surface area contributed by atoms with Crippen LogP contribution in [0.1, 0.15) is 31.9 Å². The average Bonchev–Trinajstić information content (AvgIpc) is 3.32. The lowest BCUT2D eigenvalue weighted by atomic mass is 9.75. The first kappa shape index (κ1) is 24.5. The third kappa shape index (κ3) is 3.80. The van der Waals surface area contributed by atoms with E-state index in [1.165, 1.54) is 21.3 Å². The van der Waals surface area contributed by atoms with Gasteiger partial charge in [-0.15, -0.1) is 0 Å². The Morgan fingerprint density at radius 1 is 1.03 bits per heavy atom. The van der Waals surface area contributed by atoms with Crippen LogP contribution in [0.5, 0.6) is 17.2 Å². The largest absolute Gasteiger partial charge is 0.497 e. The van der Waals surface area contributed by atoms with Crippen LogP contribution in [-0.4, -0.2) is 49.8 Å². The van der Waals surface area contributed by atoms with Gasteiger partial charge in [-0.2, -0.15) is 0 Å². The Balaban J connectivity index is 1.91. The first-order valence-electron chi connectivity index (χ1n) is 11.4. The number of para-hydroxylation sites is 2. The monoisotopic (exact) mass is 482 g/mol. The van der Waals surface area contributed by atoms with Gasteiger partial charge in [-0.25, -0.2) is 4.90 Å². The normalized spacial score (nSPS) is 25.7. The van der Waals surface area contributed by atoms with E-state index in [1.807, 2.05) is 13.8 Å². The fraction of sp³-hybridized carbons (Fsp3) is 0.423. The second-order valence-electron chi connectivity index (χ2n) is 9.29. The number of fused-ring (bicyclic) bond motifs is 1. The average molecular weight is 483 g/mol. The maximum Gasteiger partial charge on any atom is 0.324 e. The highest BCUT2D eigenvalue weighted by Gasteiger charge is 2.69. The maximum atomic E-state index is 13.9. The SMILES string of the molecule is COc1ccc([C@@H]2N[C@](CC(C)C)(C(=O)O)[C@@H]3C(=O)N(c4ccccc4OC)C(=O)[C@@H]32)c(OC)c1. The summed E-state index contributed by atoms with van der Waals surface area (Å²) in [6, 6.07) is 11.1. The summed E-state index contributed by atoms with van der Waals surface area (Å²) in [5.41, 5.74) is -0.764. The predicted octanol–water partition coefficient (Wildman–Crippen LogP) is 3.03. The number of carboxylic acid groups (broad SMARTS) is 1. The van der Waals surface area contributed by atoms with Crippen LogP contribution >= 0.6 is 0 Å². The minimum absolute atomic E-state index is 0.0565. The predicted molar refractivity (Wildman–Crippen MR) is 128 cm³/mol. The van der Waals surface area contributed by atoms with Gasteiger partial charge in [0, 0.05) is 17.7 Å². The number of rotatable bonds is 8. The third-order valence-electron chi connectivity index (χ3n) is 6.87. The Morgan fingerprint density at radius 2 is 1.71 bits per heavy atom. The lowest BCUT2D eigenvalue weighted by Gasteiger charge is -2.33. The van der Waals surface area contributed by atoms with Crippen LogP contribution in [0.4, 0.5) is 5.69 Å². The number of carbonyl (C=O) groups is 3. The van der Waals surface area contributed by atoms with Crippen molar-refractivity contribution in [2.24, 2.45) is 17.8 Å². The number of carboxylic acids is 1. The van der Waals surface area contributed by atoms with Crippen molar-refractivity contribution in [3.05, 3.63) is 48.0 Å². The first-order chi connectivity index (χ1) is 16.7. The fourth-order valence-corrected chi connectivity index (χ4v) is 5.51. The number of anilines is 1. The molecule has 2 N–H and O–H groups in total. The zero-order chi connectivity index (χ0) is 25.5. The fourth-order valence-electron chi connectivity index (χ4n) is 5.51. The lowest BCUT2D eigenvalue weighted by molar-refractivity contribution is -0.149. The molecule has 2 aliphatic rings. The van der Waals surface area contributed by atoms with Crippen LogP contribution in [0.25, 0.3) is 0 Å². The van der Waals surface area contributed by atoms with Crippen molar-refractivity contribution in [3.63, 3.8) is 0 Å². The van der Waals surface area contributed by atoms with E-state index in [0.29, 0.717) is 28.5 Å². The molecule has 2 aromatic rings. The Bertz CT molecular complexity index is 1160. The lowest BCUT2D eigenvalue weighted by Crippen LogP contribution is -2.56. The quantitative estimate of drug-likeness (QED) is 0.552. The van der Waals surface area contributed by atoms with Crippen molar-refractivity contribution in [2.45, 2.75) is 31.8 Å². The molecule has 2 heterocycles. The topological polar surface area (TPSA) is 114 Å². The molecule has 0 spiro atoms. The minimum Gasteiger partial charge on any atom is -0.497 e. The van der Waals surface area contributed by atoms with Gasteiger partial charge in [0.25, 0.3) is 0 Å². The molecule has 9 heteroatoms. The maximum absolute atomic E-state index is 13.9. The molecule has 9 nitrogen and oxygen atoms in total. The molecule has 2 fully saturated rings. The molecule has 186 valence electrons. The number of nitrogens with one attached hydrogen (secondary N) is 1. The molecule has 2 aliphatic heterocycles. The zero-order valence-corrected chi connectivity index (χ0v) is 20.4. The number of aliphatic carboxylic acids is 1. The van der Waals surface area contributed by atoms with Crippen molar-refractivity contribution in [1.29, 1.82) is 0 Å². The summed E-state index contributed by atoms with van der Waals surface area (Å²) >= 11 is 0. The highest BCUT2D eigenvalue weighted by molar-refractivity contribution is 6.24. The van der Waals surface area contributed by atoms with Crippen molar-refractivity contribution < 1.29 is 33.7 Å². The summed E-state index contributed by atoms with van der Waals surface area (Å²) in [5, 5.41) is 13.7. The molecule has 4 atom stereocenters. The molecule has 35 heavy (non-hydrogen) atoms. The minimum atomic E-state index is -1.64. The molecule has 0 unspecified atom stereocenters. The number of hydrogen-bond donors (Lipinski definition) is 2. The van der Waals surface area contributed by atoms with Gasteiger partial charge in [0.2, 0.25) is 11.8 Å². The van der Waals surface area contributed by atoms with Crippen molar-refractivity contribution >= 4 is 23.5 Å². The number of carbonyl (C=O) groups excluding carboxylic acids is 2. The molecule has 0 radical (unpaired) electrons.